The van der Waals surface area contributed by atoms with E-state index in [0.717, 1.165) is 15.6 Å². The first-order chi connectivity index (χ1) is 12.6. The van der Waals surface area contributed by atoms with E-state index in [0.29, 0.717) is 16.4 Å². The van der Waals surface area contributed by atoms with Crippen molar-refractivity contribution in [1.82, 2.24) is 5.43 Å². The maximum Gasteiger partial charge on any atom is 0.244 e. The molecule has 0 saturated carbocycles. The molecule has 2 N–H and O–H groups in total. The standard InChI is InChI=1S/C19H18N2O4S/c1-24-14-8-7-12(9-15(14)25-2)10-18(22)21-20-11-17-19(23)13-5-3-4-6-16(13)26-17/h3-9,11,23H,10H2,1-2H3,(H,21,22)/b20-11+. The lowest BCUT2D eigenvalue weighted by atomic mass is 10.1. The van der Waals surface area contributed by atoms with Crippen LogP contribution in [0.3, 0.4) is 0 Å². The molecule has 1 heterocycles. The van der Waals surface area contributed by atoms with Gasteiger partial charge in [-0.05, 0) is 29.8 Å². The van der Waals surface area contributed by atoms with Crippen LogP contribution in [0.15, 0.2) is 47.6 Å². The number of carbonyl (C=O) groups is 1. The smallest absolute Gasteiger partial charge is 0.244 e. The van der Waals surface area contributed by atoms with Crippen LogP contribution in [0.4, 0.5) is 0 Å². The van der Waals surface area contributed by atoms with Crippen LogP contribution >= 0.6 is 11.3 Å². The van der Waals surface area contributed by atoms with Crippen LogP contribution in [0.1, 0.15) is 10.4 Å². The Morgan fingerprint density at radius 2 is 1.96 bits per heavy atom. The van der Waals surface area contributed by atoms with Gasteiger partial charge in [-0.1, -0.05) is 18.2 Å². The molecule has 26 heavy (non-hydrogen) atoms. The minimum atomic E-state index is -0.269. The van der Waals surface area contributed by atoms with Crippen LogP contribution in [0.5, 0.6) is 17.2 Å². The third-order valence-corrected chi connectivity index (χ3v) is 4.87. The van der Waals surface area contributed by atoms with Crippen LogP contribution in [0.25, 0.3) is 10.1 Å². The summed E-state index contributed by atoms with van der Waals surface area (Å²) < 4.78 is 11.4. The molecule has 6 nitrogen and oxygen atoms in total. The fourth-order valence-electron chi connectivity index (χ4n) is 2.52. The summed E-state index contributed by atoms with van der Waals surface area (Å²) >= 11 is 1.41. The highest BCUT2D eigenvalue weighted by Gasteiger charge is 2.10. The monoisotopic (exact) mass is 370 g/mol. The molecule has 1 amide bonds. The van der Waals surface area contributed by atoms with Crippen molar-refractivity contribution >= 4 is 33.5 Å². The third-order valence-electron chi connectivity index (χ3n) is 3.78. The van der Waals surface area contributed by atoms with Gasteiger partial charge in [0.05, 0.1) is 31.7 Å². The number of fused-ring (bicyclic) bond motifs is 1. The van der Waals surface area contributed by atoms with Gasteiger partial charge in [-0.3, -0.25) is 4.79 Å². The van der Waals surface area contributed by atoms with Gasteiger partial charge in [-0.25, -0.2) is 5.43 Å². The average Bonchev–Trinajstić information content (AvgIpc) is 2.98. The van der Waals surface area contributed by atoms with E-state index in [1.807, 2.05) is 24.3 Å². The molecule has 0 radical (unpaired) electrons. The number of nitrogens with zero attached hydrogens (tertiary/aromatic N) is 1. The van der Waals surface area contributed by atoms with Crippen molar-refractivity contribution in [1.29, 1.82) is 0 Å². The second kappa shape index (κ2) is 7.88. The highest BCUT2D eigenvalue weighted by molar-refractivity contribution is 7.21. The van der Waals surface area contributed by atoms with E-state index in [1.165, 1.54) is 17.6 Å². The number of hydrazone groups is 1. The zero-order chi connectivity index (χ0) is 18.5. The second-order valence-electron chi connectivity index (χ2n) is 5.47. The Bertz CT molecular complexity index is 965. The van der Waals surface area contributed by atoms with Crippen molar-refractivity contribution in [2.75, 3.05) is 14.2 Å². The number of benzene rings is 2. The van der Waals surface area contributed by atoms with E-state index >= 15 is 0 Å². The molecule has 0 unspecified atom stereocenters. The Morgan fingerprint density at radius 3 is 2.69 bits per heavy atom. The molecule has 0 fully saturated rings. The molecule has 0 aliphatic heterocycles. The zero-order valence-corrected chi connectivity index (χ0v) is 15.2. The topological polar surface area (TPSA) is 80.2 Å². The third kappa shape index (κ3) is 3.78. The summed E-state index contributed by atoms with van der Waals surface area (Å²) in [5.41, 5.74) is 3.25. The van der Waals surface area contributed by atoms with Gasteiger partial charge in [0, 0.05) is 10.1 Å². The van der Waals surface area contributed by atoms with E-state index in [2.05, 4.69) is 10.5 Å². The van der Waals surface area contributed by atoms with Gasteiger partial charge in [0.15, 0.2) is 11.5 Å². The first-order valence-corrected chi connectivity index (χ1v) is 8.67. The van der Waals surface area contributed by atoms with Crippen LogP contribution in [-0.4, -0.2) is 31.4 Å². The Morgan fingerprint density at radius 1 is 1.19 bits per heavy atom. The highest BCUT2D eigenvalue weighted by atomic mass is 32.1. The maximum atomic E-state index is 12.1. The van der Waals surface area contributed by atoms with E-state index in [1.54, 1.807) is 32.4 Å². The molecule has 0 atom stereocenters. The molecule has 134 valence electrons. The molecule has 3 rings (SSSR count). The molecule has 0 bridgehead atoms. The molecule has 0 saturated heterocycles. The SMILES string of the molecule is COc1ccc(CC(=O)N/N=C/c2sc3ccccc3c2O)cc1OC. The fraction of sp³-hybridized carbons (Fsp3) is 0.158. The number of amides is 1. The lowest BCUT2D eigenvalue weighted by molar-refractivity contribution is -0.120. The van der Waals surface area contributed by atoms with Gasteiger partial charge in [0.1, 0.15) is 5.75 Å². The van der Waals surface area contributed by atoms with Gasteiger partial charge >= 0.3 is 0 Å². The molecule has 2 aromatic carbocycles. The van der Waals surface area contributed by atoms with Gasteiger partial charge in [-0.15, -0.1) is 11.3 Å². The molecule has 0 aliphatic rings. The number of hydrogen-bond acceptors (Lipinski definition) is 6. The van der Waals surface area contributed by atoms with Crippen LogP contribution < -0.4 is 14.9 Å². The molecule has 1 aromatic heterocycles. The van der Waals surface area contributed by atoms with Crippen molar-refractivity contribution in [3.05, 3.63) is 52.9 Å². The van der Waals surface area contributed by atoms with E-state index in [9.17, 15) is 9.90 Å². The number of rotatable bonds is 6. The van der Waals surface area contributed by atoms with E-state index in [-0.39, 0.29) is 18.1 Å². The molecule has 0 aliphatic carbocycles. The minimum absolute atomic E-state index is 0.149. The van der Waals surface area contributed by atoms with Crippen molar-refractivity contribution in [3.63, 3.8) is 0 Å². The first kappa shape index (κ1) is 17.8. The predicted octanol–water partition coefficient (Wildman–Crippen LogP) is 3.32. The minimum Gasteiger partial charge on any atom is -0.506 e. The average molecular weight is 370 g/mol. The molecule has 3 aromatic rings. The van der Waals surface area contributed by atoms with Crippen molar-refractivity contribution in [2.24, 2.45) is 5.10 Å². The van der Waals surface area contributed by atoms with Gasteiger partial charge in [0.2, 0.25) is 5.91 Å². The number of hydrogen-bond donors (Lipinski definition) is 2. The molecular formula is C19H18N2O4S. The first-order valence-electron chi connectivity index (χ1n) is 7.85. The van der Waals surface area contributed by atoms with Crippen LogP contribution in [-0.2, 0) is 11.2 Å². The van der Waals surface area contributed by atoms with Crippen LogP contribution in [0, 0.1) is 0 Å². The summed E-state index contributed by atoms with van der Waals surface area (Å²) in [6, 6.07) is 12.8. The molecule has 0 spiro atoms. The Balaban J connectivity index is 1.65. The summed E-state index contributed by atoms with van der Waals surface area (Å²) in [7, 11) is 3.10. The van der Waals surface area contributed by atoms with Crippen LogP contribution in [0.2, 0.25) is 0 Å². The quantitative estimate of drug-likeness (QED) is 0.515. The maximum absolute atomic E-state index is 12.1. The number of aromatic hydroxyl groups is 1. The van der Waals surface area contributed by atoms with Gasteiger partial charge < -0.3 is 14.6 Å². The molecule has 7 heteroatoms. The van der Waals surface area contributed by atoms with Gasteiger partial charge in [-0.2, -0.15) is 5.10 Å². The summed E-state index contributed by atoms with van der Waals surface area (Å²) in [6.45, 7) is 0. The van der Waals surface area contributed by atoms with Crippen molar-refractivity contribution < 1.29 is 19.4 Å². The van der Waals surface area contributed by atoms with Gasteiger partial charge in [0.25, 0.3) is 0 Å². The lowest BCUT2D eigenvalue weighted by Crippen LogP contribution is -2.19. The summed E-state index contributed by atoms with van der Waals surface area (Å²) in [4.78, 5) is 12.7. The van der Waals surface area contributed by atoms with Crippen molar-refractivity contribution in [2.45, 2.75) is 6.42 Å². The largest absolute Gasteiger partial charge is 0.506 e. The number of thiophene rings is 1. The van der Waals surface area contributed by atoms with E-state index in [4.69, 9.17) is 9.47 Å². The van der Waals surface area contributed by atoms with E-state index < -0.39 is 0 Å². The Kier molecular flexibility index (Phi) is 5.38. The fourth-order valence-corrected chi connectivity index (χ4v) is 3.49. The normalized spacial score (nSPS) is 11.0. The summed E-state index contributed by atoms with van der Waals surface area (Å²) in [5.74, 6) is 1.07. The van der Waals surface area contributed by atoms with Crippen molar-refractivity contribution in [3.8, 4) is 17.2 Å². The zero-order valence-electron chi connectivity index (χ0n) is 14.4. The number of carbonyl (C=O) groups excluding carboxylic acids is 1. The predicted molar refractivity (Wildman–Crippen MR) is 102 cm³/mol. The Labute approximate surface area is 154 Å². The number of methoxy groups -OCH3 is 2. The Hall–Kier alpha value is -3.06. The summed E-state index contributed by atoms with van der Waals surface area (Å²) in [6.07, 6.45) is 1.60. The lowest BCUT2D eigenvalue weighted by Gasteiger charge is -2.09. The number of nitrogens with one attached hydrogen (secondary N) is 1. The summed E-state index contributed by atoms with van der Waals surface area (Å²) in [5, 5.41) is 14.9. The molecular weight excluding hydrogens is 352 g/mol. The highest BCUT2D eigenvalue weighted by Crippen LogP contribution is 2.35. The number of ether oxygens (including phenoxy) is 2. The second-order valence-corrected chi connectivity index (χ2v) is 6.55.